The number of halogens is 1. The zero-order valence-corrected chi connectivity index (χ0v) is 14.8. The third-order valence-corrected chi connectivity index (χ3v) is 4.73. The zero-order chi connectivity index (χ0) is 18.1. The van der Waals surface area contributed by atoms with Crippen molar-refractivity contribution >= 4 is 28.5 Å². The van der Waals surface area contributed by atoms with E-state index in [4.69, 9.17) is 21.4 Å². The molecule has 1 aliphatic rings. The number of hydrogen-bond acceptors (Lipinski definition) is 4. The molecule has 2 heterocycles. The van der Waals surface area contributed by atoms with Gasteiger partial charge < -0.3 is 19.3 Å². The highest BCUT2D eigenvalue weighted by Crippen LogP contribution is 2.27. The van der Waals surface area contributed by atoms with E-state index in [0.717, 1.165) is 22.3 Å². The van der Waals surface area contributed by atoms with Gasteiger partial charge in [0.05, 0.1) is 30.5 Å². The van der Waals surface area contributed by atoms with Crippen LogP contribution >= 0.6 is 11.6 Å². The molecule has 4 rings (SSSR count). The molecule has 0 saturated heterocycles. The third kappa shape index (κ3) is 3.13. The van der Waals surface area contributed by atoms with Crippen LogP contribution in [0.3, 0.4) is 0 Å². The van der Waals surface area contributed by atoms with E-state index < -0.39 is 0 Å². The van der Waals surface area contributed by atoms with Crippen molar-refractivity contribution in [1.82, 2.24) is 14.5 Å². The van der Waals surface area contributed by atoms with Gasteiger partial charge in [-0.1, -0.05) is 11.6 Å². The van der Waals surface area contributed by atoms with Crippen molar-refractivity contribution in [2.45, 2.75) is 13.1 Å². The standard InChI is InChI=1S/C19H18ClN3O3/c20-15-2-4-18-14(9-15)11-22(6-8-26-18)19(25)13-1-3-17-16(10-13)21-12-23(17)5-7-24/h1-4,9-10,12,24H,5-8,11H2. The van der Waals surface area contributed by atoms with Gasteiger partial charge >= 0.3 is 0 Å². The number of aliphatic hydroxyl groups excluding tert-OH is 1. The van der Waals surface area contributed by atoms with Crippen LogP contribution in [0.15, 0.2) is 42.7 Å². The fourth-order valence-corrected chi connectivity index (χ4v) is 3.40. The van der Waals surface area contributed by atoms with Crippen molar-refractivity contribution in [3.63, 3.8) is 0 Å². The zero-order valence-electron chi connectivity index (χ0n) is 14.1. The van der Waals surface area contributed by atoms with Gasteiger partial charge in [0, 0.05) is 29.2 Å². The second kappa shape index (κ2) is 6.97. The molecule has 2 aromatic carbocycles. The second-order valence-corrected chi connectivity index (χ2v) is 6.63. The van der Waals surface area contributed by atoms with Crippen LogP contribution in [-0.4, -0.2) is 45.2 Å². The van der Waals surface area contributed by atoms with E-state index in [0.29, 0.717) is 36.8 Å². The summed E-state index contributed by atoms with van der Waals surface area (Å²) in [6.07, 6.45) is 1.67. The maximum absolute atomic E-state index is 13.0. The Balaban J connectivity index is 1.61. The van der Waals surface area contributed by atoms with Gasteiger partial charge in [-0.25, -0.2) is 4.98 Å². The number of aromatic nitrogens is 2. The average Bonchev–Trinajstić information content (AvgIpc) is 2.92. The topological polar surface area (TPSA) is 67.6 Å². The summed E-state index contributed by atoms with van der Waals surface area (Å²) >= 11 is 6.08. The molecule has 0 aliphatic carbocycles. The molecule has 0 unspecified atom stereocenters. The van der Waals surface area contributed by atoms with Crippen LogP contribution in [0.5, 0.6) is 5.75 Å². The number of carbonyl (C=O) groups excluding carboxylic acids is 1. The Kier molecular flexibility index (Phi) is 4.53. The second-order valence-electron chi connectivity index (χ2n) is 6.19. The SMILES string of the molecule is O=C(c1ccc2c(c1)ncn2CCO)N1CCOc2ccc(Cl)cc2C1. The minimum Gasteiger partial charge on any atom is -0.491 e. The molecule has 0 radical (unpaired) electrons. The molecule has 1 N–H and O–H groups in total. The van der Waals surface area contributed by atoms with Crippen molar-refractivity contribution in [3.05, 3.63) is 58.9 Å². The van der Waals surface area contributed by atoms with Crippen LogP contribution in [0.2, 0.25) is 5.02 Å². The fourth-order valence-electron chi connectivity index (χ4n) is 3.20. The van der Waals surface area contributed by atoms with Gasteiger partial charge in [0.25, 0.3) is 5.91 Å². The number of rotatable bonds is 3. The molecule has 134 valence electrons. The molecule has 1 amide bonds. The van der Waals surface area contributed by atoms with E-state index in [1.807, 2.05) is 22.8 Å². The summed E-state index contributed by atoms with van der Waals surface area (Å²) in [7, 11) is 0. The normalized spacial score (nSPS) is 14.0. The molecule has 6 nitrogen and oxygen atoms in total. The first-order valence-electron chi connectivity index (χ1n) is 8.42. The monoisotopic (exact) mass is 371 g/mol. The van der Waals surface area contributed by atoms with Gasteiger partial charge in [-0.3, -0.25) is 4.79 Å². The molecule has 1 aromatic heterocycles. The Morgan fingerprint density at radius 1 is 1.27 bits per heavy atom. The Bertz CT molecular complexity index is 970. The first-order valence-corrected chi connectivity index (χ1v) is 8.80. The molecule has 7 heteroatoms. The Morgan fingerprint density at radius 3 is 3.00 bits per heavy atom. The average molecular weight is 372 g/mol. The lowest BCUT2D eigenvalue weighted by molar-refractivity contribution is 0.0733. The first-order chi connectivity index (χ1) is 12.7. The Hall–Kier alpha value is -2.57. The third-order valence-electron chi connectivity index (χ3n) is 4.50. The quantitative estimate of drug-likeness (QED) is 0.768. The highest BCUT2D eigenvalue weighted by atomic mass is 35.5. The van der Waals surface area contributed by atoms with Gasteiger partial charge in [-0.15, -0.1) is 0 Å². The van der Waals surface area contributed by atoms with Gasteiger partial charge in [-0.05, 0) is 36.4 Å². The number of imidazole rings is 1. The van der Waals surface area contributed by atoms with E-state index in [1.165, 1.54) is 0 Å². The van der Waals surface area contributed by atoms with Crippen LogP contribution in [0.25, 0.3) is 11.0 Å². The predicted octanol–water partition coefficient (Wildman–Crippen LogP) is 2.72. The predicted molar refractivity (Wildman–Crippen MR) is 98.5 cm³/mol. The van der Waals surface area contributed by atoms with Gasteiger partial charge in [0.15, 0.2) is 0 Å². The van der Waals surface area contributed by atoms with E-state index in [9.17, 15) is 4.79 Å². The summed E-state index contributed by atoms with van der Waals surface area (Å²) in [5, 5.41) is 9.73. The lowest BCUT2D eigenvalue weighted by Gasteiger charge is -2.20. The number of fused-ring (bicyclic) bond motifs is 2. The Morgan fingerprint density at radius 2 is 2.15 bits per heavy atom. The van der Waals surface area contributed by atoms with Crippen LogP contribution in [0, 0.1) is 0 Å². The molecule has 0 fully saturated rings. The van der Waals surface area contributed by atoms with E-state index in [2.05, 4.69) is 4.98 Å². The molecule has 0 spiro atoms. The fraction of sp³-hybridized carbons (Fsp3) is 0.263. The molecule has 26 heavy (non-hydrogen) atoms. The molecule has 0 saturated carbocycles. The molecular weight excluding hydrogens is 354 g/mol. The smallest absolute Gasteiger partial charge is 0.254 e. The number of benzene rings is 2. The van der Waals surface area contributed by atoms with Gasteiger partial charge in [-0.2, -0.15) is 0 Å². The van der Waals surface area contributed by atoms with Crippen LogP contribution < -0.4 is 4.74 Å². The number of amides is 1. The molecule has 1 aliphatic heterocycles. The number of aliphatic hydroxyl groups is 1. The number of hydrogen-bond donors (Lipinski definition) is 1. The van der Waals surface area contributed by atoms with Gasteiger partial charge in [0.2, 0.25) is 0 Å². The summed E-state index contributed by atoms with van der Waals surface area (Å²) in [6.45, 7) is 1.91. The van der Waals surface area contributed by atoms with Crippen molar-refractivity contribution in [1.29, 1.82) is 0 Å². The van der Waals surface area contributed by atoms with Gasteiger partial charge in [0.1, 0.15) is 12.4 Å². The largest absolute Gasteiger partial charge is 0.491 e. The van der Waals surface area contributed by atoms with E-state index in [-0.39, 0.29) is 12.5 Å². The number of nitrogens with zero attached hydrogens (tertiary/aromatic N) is 3. The lowest BCUT2D eigenvalue weighted by Crippen LogP contribution is -2.32. The highest BCUT2D eigenvalue weighted by Gasteiger charge is 2.22. The van der Waals surface area contributed by atoms with E-state index >= 15 is 0 Å². The minimum atomic E-state index is -0.0694. The molecule has 0 bridgehead atoms. The van der Waals surface area contributed by atoms with Crippen LogP contribution in [-0.2, 0) is 13.1 Å². The summed E-state index contributed by atoms with van der Waals surface area (Å²) in [4.78, 5) is 19.1. The van der Waals surface area contributed by atoms with Crippen molar-refractivity contribution in [3.8, 4) is 5.75 Å². The van der Waals surface area contributed by atoms with Crippen LogP contribution in [0.4, 0.5) is 0 Å². The summed E-state index contributed by atoms with van der Waals surface area (Å²) in [6, 6.07) is 10.9. The maximum Gasteiger partial charge on any atom is 0.254 e. The maximum atomic E-state index is 13.0. The highest BCUT2D eigenvalue weighted by molar-refractivity contribution is 6.30. The summed E-state index contributed by atoms with van der Waals surface area (Å²) < 4.78 is 7.59. The van der Waals surface area contributed by atoms with Crippen molar-refractivity contribution in [2.75, 3.05) is 19.8 Å². The first kappa shape index (κ1) is 16.9. The molecule has 0 atom stereocenters. The minimum absolute atomic E-state index is 0.0435. The van der Waals surface area contributed by atoms with E-state index in [1.54, 1.807) is 29.4 Å². The summed E-state index contributed by atoms with van der Waals surface area (Å²) in [5.41, 5.74) is 3.11. The Labute approximate surface area is 155 Å². The lowest BCUT2D eigenvalue weighted by atomic mass is 10.1. The molecular formula is C19H18ClN3O3. The number of ether oxygens (including phenoxy) is 1. The van der Waals surface area contributed by atoms with Crippen molar-refractivity contribution in [2.24, 2.45) is 0 Å². The van der Waals surface area contributed by atoms with Crippen LogP contribution in [0.1, 0.15) is 15.9 Å². The summed E-state index contributed by atoms with van der Waals surface area (Å²) in [5.74, 6) is 0.697. The number of carbonyl (C=O) groups is 1. The molecule has 3 aromatic rings. The van der Waals surface area contributed by atoms with Crippen molar-refractivity contribution < 1.29 is 14.6 Å².